The average Bonchev–Trinajstić information content (AvgIpc) is 3.01. The maximum absolute atomic E-state index is 12.6. The van der Waals surface area contributed by atoms with Crippen LogP contribution in [0.15, 0.2) is 17.5 Å². The highest BCUT2D eigenvalue weighted by molar-refractivity contribution is 7.10. The SMILES string of the molecule is CCCC(NC(=O)C1(C#N)CCCCC1)c1cccs1. The minimum absolute atomic E-state index is 0.0552. The Morgan fingerprint density at radius 2 is 2.25 bits per heavy atom. The second-order valence-corrected chi connectivity index (χ2v) is 6.56. The molecule has 1 fully saturated rings. The number of rotatable bonds is 5. The van der Waals surface area contributed by atoms with Crippen LogP contribution in [0.5, 0.6) is 0 Å². The third-order valence-corrected chi connectivity index (χ3v) is 5.11. The van der Waals surface area contributed by atoms with E-state index in [0.717, 1.165) is 32.1 Å². The van der Waals surface area contributed by atoms with Gasteiger partial charge >= 0.3 is 0 Å². The highest BCUT2D eigenvalue weighted by atomic mass is 32.1. The summed E-state index contributed by atoms with van der Waals surface area (Å²) in [6, 6.07) is 6.43. The van der Waals surface area contributed by atoms with E-state index in [4.69, 9.17) is 0 Å². The highest BCUT2D eigenvalue weighted by Gasteiger charge is 2.40. The van der Waals surface area contributed by atoms with Crippen molar-refractivity contribution in [2.45, 2.75) is 57.9 Å². The number of carbonyl (C=O) groups is 1. The molecule has 3 nitrogen and oxygen atoms in total. The second-order valence-electron chi connectivity index (χ2n) is 5.58. The van der Waals surface area contributed by atoms with E-state index in [1.54, 1.807) is 11.3 Å². The lowest BCUT2D eigenvalue weighted by Gasteiger charge is -2.31. The zero-order valence-electron chi connectivity index (χ0n) is 12.0. The van der Waals surface area contributed by atoms with Gasteiger partial charge in [0.15, 0.2) is 0 Å². The number of thiophene rings is 1. The Morgan fingerprint density at radius 1 is 1.50 bits per heavy atom. The summed E-state index contributed by atoms with van der Waals surface area (Å²) in [5.41, 5.74) is -0.790. The highest BCUT2D eigenvalue weighted by Crippen LogP contribution is 2.37. The lowest BCUT2D eigenvalue weighted by molar-refractivity contribution is -0.130. The third-order valence-electron chi connectivity index (χ3n) is 4.13. The monoisotopic (exact) mass is 290 g/mol. The zero-order chi connectivity index (χ0) is 14.4. The van der Waals surface area contributed by atoms with Gasteiger partial charge in [-0.25, -0.2) is 0 Å². The lowest BCUT2D eigenvalue weighted by Crippen LogP contribution is -2.42. The maximum Gasteiger partial charge on any atom is 0.240 e. The second kappa shape index (κ2) is 6.90. The van der Waals surface area contributed by atoms with Crippen molar-refractivity contribution in [1.82, 2.24) is 5.32 Å². The van der Waals surface area contributed by atoms with E-state index >= 15 is 0 Å². The molecule has 0 spiro atoms. The maximum atomic E-state index is 12.6. The Balaban J connectivity index is 2.09. The minimum atomic E-state index is -0.790. The molecule has 0 aliphatic heterocycles. The number of hydrogen-bond acceptors (Lipinski definition) is 3. The van der Waals surface area contributed by atoms with Crippen LogP contribution in [0.2, 0.25) is 0 Å². The van der Waals surface area contributed by atoms with Gasteiger partial charge in [0.25, 0.3) is 0 Å². The van der Waals surface area contributed by atoms with Crippen LogP contribution in [0.1, 0.15) is 62.8 Å². The molecule has 108 valence electrons. The molecule has 0 radical (unpaired) electrons. The summed E-state index contributed by atoms with van der Waals surface area (Å²) < 4.78 is 0. The quantitative estimate of drug-likeness (QED) is 0.884. The molecule has 20 heavy (non-hydrogen) atoms. The first-order valence-electron chi connectivity index (χ1n) is 7.47. The molecule has 1 unspecified atom stereocenters. The summed E-state index contributed by atoms with van der Waals surface area (Å²) in [7, 11) is 0. The van der Waals surface area contributed by atoms with Crippen molar-refractivity contribution in [1.29, 1.82) is 5.26 Å². The third kappa shape index (κ3) is 3.21. The first-order valence-corrected chi connectivity index (χ1v) is 8.35. The van der Waals surface area contributed by atoms with Gasteiger partial charge in [0, 0.05) is 4.88 Å². The topological polar surface area (TPSA) is 52.9 Å². The number of hydrogen-bond donors (Lipinski definition) is 1. The Hall–Kier alpha value is -1.34. The van der Waals surface area contributed by atoms with E-state index in [-0.39, 0.29) is 11.9 Å². The summed E-state index contributed by atoms with van der Waals surface area (Å²) >= 11 is 1.67. The first-order chi connectivity index (χ1) is 9.72. The van der Waals surface area contributed by atoms with Crippen LogP contribution in [-0.2, 0) is 4.79 Å². The summed E-state index contributed by atoms with van der Waals surface area (Å²) in [5, 5.41) is 14.6. The molecule has 0 aromatic carbocycles. The van der Waals surface area contributed by atoms with Crippen molar-refractivity contribution < 1.29 is 4.79 Å². The molecule has 2 rings (SSSR count). The molecule has 1 aliphatic rings. The van der Waals surface area contributed by atoms with Gasteiger partial charge in [0.05, 0.1) is 12.1 Å². The number of nitrogens with zero attached hydrogens (tertiary/aromatic N) is 1. The van der Waals surface area contributed by atoms with Crippen LogP contribution in [-0.4, -0.2) is 5.91 Å². The van der Waals surface area contributed by atoms with E-state index in [9.17, 15) is 10.1 Å². The number of nitriles is 1. The molecule has 1 saturated carbocycles. The molecule has 4 heteroatoms. The lowest BCUT2D eigenvalue weighted by atomic mass is 9.74. The summed E-state index contributed by atoms with van der Waals surface area (Å²) in [5.74, 6) is -0.0634. The van der Waals surface area contributed by atoms with Crippen molar-refractivity contribution in [3.05, 3.63) is 22.4 Å². The van der Waals surface area contributed by atoms with Gasteiger partial charge in [-0.1, -0.05) is 38.7 Å². The number of carbonyl (C=O) groups excluding carboxylic acids is 1. The normalized spacial score (nSPS) is 19.0. The summed E-state index contributed by atoms with van der Waals surface area (Å²) in [6.07, 6.45) is 6.46. The molecule has 1 N–H and O–H groups in total. The smallest absolute Gasteiger partial charge is 0.240 e. The van der Waals surface area contributed by atoms with Crippen LogP contribution in [0.4, 0.5) is 0 Å². The van der Waals surface area contributed by atoms with E-state index in [2.05, 4.69) is 24.4 Å². The molecule has 0 saturated heterocycles. The van der Waals surface area contributed by atoms with Crippen LogP contribution >= 0.6 is 11.3 Å². The number of amides is 1. The summed E-state index contributed by atoms with van der Waals surface area (Å²) in [4.78, 5) is 13.8. The molecule has 0 bridgehead atoms. The van der Waals surface area contributed by atoms with Crippen molar-refractivity contribution >= 4 is 17.2 Å². The van der Waals surface area contributed by atoms with Crippen LogP contribution in [0.3, 0.4) is 0 Å². The standard InChI is InChI=1S/C16H22N2OS/c1-2-7-13(14-8-6-11-20-14)18-15(19)16(12-17)9-4-3-5-10-16/h6,8,11,13H,2-5,7,9-10H2,1H3,(H,18,19). The predicted octanol–water partition coefficient (Wildman–Crippen LogP) is 4.18. The van der Waals surface area contributed by atoms with Gasteiger partial charge in [-0.05, 0) is 30.7 Å². The molecular formula is C16H22N2OS. The summed E-state index contributed by atoms with van der Waals surface area (Å²) in [6.45, 7) is 2.12. The fraction of sp³-hybridized carbons (Fsp3) is 0.625. The van der Waals surface area contributed by atoms with E-state index in [1.165, 1.54) is 4.88 Å². The first kappa shape index (κ1) is 15.1. The Labute approximate surface area is 125 Å². The molecule has 1 atom stereocenters. The minimum Gasteiger partial charge on any atom is -0.347 e. The van der Waals surface area contributed by atoms with Crippen molar-refractivity contribution in [2.75, 3.05) is 0 Å². The van der Waals surface area contributed by atoms with Gasteiger partial charge < -0.3 is 5.32 Å². The van der Waals surface area contributed by atoms with Gasteiger partial charge in [-0.3, -0.25) is 4.79 Å². The van der Waals surface area contributed by atoms with Crippen molar-refractivity contribution in [2.24, 2.45) is 5.41 Å². The Kier molecular flexibility index (Phi) is 5.19. The molecule has 1 aromatic heterocycles. The fourth-order valence-electron chi connectivity index (χ4n) is 2.91. The Morgan fingerprint density at radius 3 is 2.80 bits per heavy atom. The molecule has 1 heterocycles. The van der Waals surface area contributed by atoms with Crippen LogP contribution in [0, 0.1) is 16.7 Å². The van der Waals surface area contributed by atoms with Gasteiger partial charge in [-0.15, -0.1) is 11.3 Å². The van der Waals surface area contributed by atoms with Crippen molar-refractivity contribution in [3.63, 3.8) is 0 Å². The molecule has 1 aromatic rings. The average molecular weight is 290 g/mol. The van der Waals surface area contributed by atoms with Crippen molar-refractivity contribution in [3.8, 4) is 6.07 Å². The predicted molar refractivity (Wildman–Crippen MR) is 81.2 cm³/mol. The Bertz CT molecular complexity index is 469. The molecular weight excluding hydrogens is 268 g/mol. The van der Waals surface area contributed by atoms with Gasteiger partial charge in [0.2, 0.25) is 5.91 Å². The van der Waals surface area contributed by atoms with Gasteiger partial charge in [-0.2, -0.15) is 5.26 Å². The number of nitrogens with one attached hydrogen (secondary N) is 1. The van der Waals surface area contributed by atoms with E-state index < -0.39 is 5.41 Å². The fourth-order valence-corrected chi connectivity index (χ4v) is 3.72. The zero-order valence-corrected chi connectivity index (χ0v) is 12.8. The van der Waals surface area contributed by atoms with Crippen LogP contribution < -0.4 is 5.32 Å². The molecule has 1 aliphatic carbocycles. The van der Waals surface area contributed by atoms with E-state index in [1.807, 2.05) is 11.4 Å². The van der Waals surface area contributed by atoms with Gasteiger partial charge in [0.1, 0.15) is 5.41 Å². The van der Waals surface area contributed by atoms with E-state index in [0.29, 0.717) is 12.8 Å². The molecule has 1 amide bonds. The largest absolute Gasteiger partial charge is 0.347 e. The van der Waals surface area contributed by atoms with Crippen LogP contribution in [0.25, 0.3) is 0 Å².